The summed E-state index contributed by atoms with van der Waals surface area (Å²) in [7, 11) is 0. The number of carbonyl (C=O) groups is 1. The van der Waals surface area contributed by atoms with Gasteiger partial charge in [0, 0.05) is 50.2 Å². The lowest BCUT2D eigenvalue weighted by molar-refractivity contribution is -0.111. The molecule has 1 amide bonds. The standard InChI is InChI=1S/C21H24IN3O2/c22-20-8-6-19(27-20)7-9-21(26)23-17-2-1-3-18(14-17)25-12-10-24(11-13-25)15-16-4-5-16/h1-3,6-9,14,16H,4-5,10-13,15H2,(H,23,26)/b9-7+. The topological polar surface area (TPSA) is 48.7 Å². The van der Waals surface area contributed by atoms with Gasteiger partial charge in [0.1, 0.15) is 5.76 Å². The Morgan fingerprint density at radius 2 is 2.00 bits per heavy atom. The summed E-state index contributed by atoms with van der Waals surface area (Å²) in [6.07, 6.45) is 6.00. The van der Waals surface area contributed by atoms with Crippen LogP contribution in [0.2, 0.25) is 0 Å². The molecule has 0 spiro atoms. The molecule has 1 aliphatic heterocycles. The van der Waals surface area contributed by atoms with Crippen LogP contribution in [0, 0.1) is 9.68 Å². The first-order chi connectivity index (χ1) is 13.2. The van der Waals surface area contributed by atoms with Crippen molar-refractivity contribution in [3.63, 3.8) is 0 Å². The Morgan fingerprint density at radius 3 is 2.70 bits per heavy atom. The number of halogens is 1. The number of rotatable bonds is 6. The van der Waals surface area contributed by atoms with Gasteiger partial charge >= 0.3 is 0 Å². The van der Waals surface area contributed by atoms with Gasteiger partial charge in [-0.25, -0.2) is 0 Å². The molecule has 142 valence electrons. The molecule has 1 saturated heterocycles. The van der Waals surface area contributed by atoms with Crippen molar-refractivity contribution in [2.45, 2.75) is 12.8 Å². The van der Waals surface area contributed by atoms with Crippen molar-refractivity contribution in [1.29, 1.82) is 0 Å². The van der Waals surface area contributed by atoms with Gasteiger partial charge in [0.25, 0.3) is 0 Å². The maximum Gasteiger partial charge on any atom is 0.248 e. The number of anilines is 2. The van der Waals surface area contributed by atoms with Crippen LogP contribution in [0.1, 0.15) is 18.6 Å². The Labute approximate surface area is 173 Å². The third kappa shape index (κ3) is 5.35. The number of nitrogens with one attached hydrogen (secondary N) is 1. The fourth-order valence-electron chi connectivity index (χ4n) is 3.39. The van der Waals surface area contributed by atoms with Crippen molar-refractivity contribution in [3.8, 4) is 0 Å². The van der Waals surface area contributed by atoms with Gasteiger partial charge in [-0.3, -0.25) is 9.69 Å². The summed E-state index contributed by atoms with van der Waals surface area (Å²) in [5.74, 6) is 1.47. The highest BCUT2D eigenvalue weighted by Crippen LogP contribution is 2.30. The number of benzene rings is 1. The number of amides is 1. The van der Waals surface area contributed by atoms with E-state index in [-0.39, 0.29) is 5.91 Å². The minimum absolute atomic E-state index is 0.159. The molecule has 0 atom stereocenters. The van der Waals surface area contributed by atoms with Crippen LogP contribution in [0.4, 0.5) is 11.4 Å². The van der Waals surface area contributed by atoms with Gasteiger partial charge in [0.05, 0.1) is 0 Å². The van der Waals surface area contributed by atoms with E-state index >= 15 is 0 Å². The summed E-state index contributed by atoms with van der Waals surface area (Å²) >= 11 is 2.10. The van der Waals surface area contributed by atoms with Crippen molar-refractivity contribution >= 4 is 45.9 Å². The lowest BCUT2D eigenvalue weighted by Gasteiger charge is -2.36. The van der Waals surface area contributed by atoms with Crippen LogP contribution in [-0.2, 0) is 4.79 Å². The van der Waals surface area contributed by atoms with Gasteiger partial charge in [-0.2, -0.15) is 0 Å². The first-order valence-electron chi connectivity index (χ1n) is 9.47. The predicted molar refractivity (Wildman–Crippen MR) is 117 cm³/mol. The fourth-order valence-corrected chi connectivity index (χ4v) is 3.83. The molecular formula is C21H24IN3O2. The van der Waals surface area contributed by atoms with Gasteiger partial charge in [0.2, 0.25) is 5.91 Å². The maximum absolute atomic E-state index is 12.2. The van der Waals surface area contributed by atoms with Crippen LogP contribution >= 0.6 is 22.6 Å². The second-order valence-corrected chi connectivity index (χ2v) is 8.31. The second kappa shape index (κ2) is 8.48. The van der Waals surface area contributed by atoms with E-state index in [2.05, 4.69) is 49.8 Å². The molecule has 6 heteroatoms. The molecule has 1 aliphatic carbocycles. The third-order valence-corrected chi connectivity index (χ3v) is 5.64. The second-order valence-electron chi connectivity index (χ2n) is 7.25. The molecule has 2 heterocycles. The monoisotopic (exact) mass is 477 g/mol. The summed E-state index contributed by atoms with van der Waals surface area (Å²) < 4.78 is 6.23. The highest BCUT2D eigenvalue weighted by molar-refractivity contribution is 14.1. The zero-order chi connectivity index (χ0) is 18.6. The first-order valence-corrected chi connectivity index (χ1v) is 10.6. The zero-order valence-corrected chi connectivity index (χ0v) is 17.4. The van der Waals surface area contributed by atoms with Crippen molar-refractivity contribution in [3.05, 3.63) is 52.0 Å². The predicted octanol–water partition coefficient (Wildman–Crippen LogP) is 4.07. The Kier molecular flexibility index (Phi) is 5.83. The van der Waals surface area contributed by atoms with E-state index in [0.29, 0.717) is 5.76 Å². The molecule has 27 heavy (non-hydrogen) atoms. The maximum atomic E-state index is 12.2. The lowest BCUT2D eigenvalue weighted by atomic mass is 10.2. The molecule has 2 aromatic rings. The molecule has 1 aromatic heterocycles. The quantitative estimate of drug-likeness (QED) is 0.504. The minimum Gasteiger partial charge on any atom is -0.451 e. The summed E-state index contributed by atoms with van der Waals surface area (Å²) in [5.41, 5.74) is 1.99. The van der Waals surface area contributed by atoms with Crippen LogP contribution in [0.25, 0.3) is 6.08 Å². The van der Waals surface area contributed by atoms with Crippen molar-refractivity contribution in [2.24, 2.45) is 5.92 Å². The van der Waals surface area contributed by atoms with Gasteiger partial charge in [-0.05, 0) is 77.8 Å². The summed E-state index contributed by atoms with van der Waals surface area (Å²) in [6.45, 7) is 5.60. The van der Waals surface area contributed by atoms with E-state index in [9.17, 15) is 4.79 Å². The van der Waals surface area contributed by atoms with Crippen LogP contribution in [-0.4, -0.2) is 43.5 Å². The Bertz CT molecular complexity index is 820. The molecule has 0 radical (unpaired) electrons. The van der Waals surface area contributed by atoms with E-state index in [4.69, 9.17) is 4.42 Å². The Morgan fingerprint density at radius 1 is 1.19 bits per heavy atom. The van der Waals surface area contributed by atoms with Crippen LogP contribution < -0.4 is 10.2 Å². The number of furan rings is 1. The van der Waals surface area contributed by atoms with Crippen molar-refractivity contribution in [2.75, 3.05) is 42.9 Å². The van der Waals surface area contributed by atoms with Crippen molar-refractivity contribution < 1.29 is 9.21 Å². The van der Waals surface area contributed by atoms with Gasteiger partial charge in [-0.1, -0.05) is 6.07 Å². The smallest absolute Gasteiger partial charge is 0.248 e. The molecule has 2 aliphatic rings. The zero-order valence-electron chi connectivity index (χ0n) is 15.2. The number of carbonyl (C=O) groups excluding carboxylic acids is 1. The van der Waals surface area contributed by atoms with E-state index in [1.807, 2.05) is 24.3 Å². The lowest BCUT2D eigenvalue weighted by Crippen LogP contribution is -2.47. The summed E-state index contributed by atoms with van der Waals surface area (Å²) in [5, 5.41) is 2.94. The van der Waals surface area contributed by atoms with Gasteiger partial charge in [0.15, 0.2) is 3.77 Å². The van der Waals surface area contributed by atoms with Crippen molar-refractivity contribution in [1.82, 2.24) is 4.90 Å². The number of nitrogens with zero attached hydrogens (tertiary/aromatic N) is 2. The number of hydrogen-bond acceptors (Lipinski definition) is 4. The van der Waals surface area contributed by atoms with E-state index in [1.54, 1.807) is 6.08 Å². The Balaban J connectivity index is 1.32. The molecule has 1 saturated carbocycles. The average Bonchev–Trinajstić information content (AvgIpc) is 3.39. The molecule has 2 fully saturated rings. The van der Waals surface area contributed by atoms with E-state index < -0.39 is 0 Å². The summed E-state index contributed by atoms with van der Waals surface area (Å²) in [6, 6.07) is 11.8. The van der Waals surface area contributed by atoms with Gasteiger partial charge < -0.3 is 14.6 Å². The normalized spacial score (nSPS) is 18.2. The molecule has 1 aromatic carbocycles. The van der Waals surface area contributed by atoms with Crippen LogP contribution in [0.15, 0.2) is 46.9 Å². The highest BCUT2D eigenvalue weighted by atomic mass is 127. The molecule has 1 N–H and O–H groups in total. The average molecular weight is 477 g/mol. The first kappa shape index (κ1) is 18.6. The van der Waals surface area contributed by atoms with E-state index in [1.165, 1.54) is 31.1 Å². The molecular weight excluding hydrogens is 453 g/mol. The summed E-state index contributed by atoms with van der Waals surface area (Å²) in [4.78, 5) is 17.2. The van der Waals surface area contributed by atoms with Gasteiger partial charge in [-0.15, -0.1) is 0 Å². The number of hydrogen-bond donors (Lipinski definition) is 1. The largest absolute Gasteiger partial charge is 0.451 e. The fraction of sp³-hybridized carbons (Fsp3) is 0.381. The molecule has 5 nitrogen and oxygen atoms in total. The Hall–Kier alpha value is -1.80. The van der Waals surface area contributed by atoms with Crippen LogP contribution in [0.3, 0.4) is 0 Å². The molecule has 0 unspecified atom stereocenters. The van der Waals surface area contributed by atoms with Crippen LogP contribution in [0.5, 0.6) is 0 Å². The third-order valence-electron chi connectivity index (χ3n) is 5.06. The van der Waals surface area contributed by atoms with E-state index in [0.717, 1.165) is 41.6 Å². The minimum atomic E-state index is -0.159. The molecule has 4 rings (SSSR count). The molecule has 0 bridgehead atoms. The SMILES string of the molecule is O=C(/C=C/c1ccc(I)o1)Nc1cccc(N2CCN(CC3CC3)CC2)c1. The number of piperazine rings is 1. The highest BCUT2D eigenvalue weighted by Gasteiger charge is 2.26.